The van der Waals surface area contributed by atoms with E-state index in [4.69, 9.17) is 9.47 Å². The smallest absolute Gasteiger partial charge is 0.308 e. The van der Waals surface area contributed by atoms with Crippen LogP contribution in [0.4, 0.5) is 0 Å². The van der Waals surface area contributed by atoms with Gasteiger partial charge in [0.25, 0.3) is 0 Å². The van der Waals surface area contributed by atoms with Crippen molar-refractivity contribution >= 4 is 11.9 Å². The number of hydrogen-bond donors (Lipinski definition) is 6. The highest BCUT2D eigenvalue weighted by atomic mass is 16.6. The maximum Gasteiger partial charge on any atom is 0.308 e. The molecule has 0 radical (unpaired) electrons. The molecule has 32 heavy (non-hydrogen) atoms. The second-order valence-electron chi connectivity index (χ2n) is 6.70. The molecule has 0 spiro atoms. The van der Waals surface area contributed by atoms with Crippen molar-refractivity contribution in [2.75, 3.05) is 0 Å². The van der Waals surface area contributed by atoms with E-state index in [1.54, 1.807) is 0 Å². The van der Waals surface area contributed by atoms with Crippen molar-refractivity contribution in [3.8, 4) is 68.2 Å². The summed E-state index contributed by atoms with van der Waals surface area (Å²) in [6, 6.07) is 6.74. The fraction of sp³-hybridized carbons (Fsp3) is 0.0909. The molecule has 10 heteroatoms. The second kappa shape index (κ2) is 8.26. The average Bonchev–Trinajstić information content (AvgIpc) is 2.70. The third-order valence-corrected chi connectivity index (χ3v) is 4.38. The predicted octanol–water partition coefficient (Wildman–Crippen LogP) is 3.10. The summed E-state index contributed by atoms with van der Waals surface area (Å²) in [4.78, 5) is 23.7. The van der Waals surface area contributed by atoms with Crippen molar-refractivity contribution in [2.24, 2.45) is 0 Å². The van der Waals surface area contributed by atoms with Gasteiger partial charge in [-0.25, -0.2) is 0 Å². The lowest BCUT2D eigenvalue weighted by molar-refractivity contribution is -0.134. The van der Waals surface area contributed by atoms with Gasteiger partial charge in [0.2, 0.25) is 0 Å². The molecule has 0 fully saturated rings. The first kappa shape index (κ1) is 22.1. The van der Waals surface area contributed by atoms with Crippen molar-refractivity contribution in [3.63, 3.8) is 0 Å². The molecule has 0 atom stereocenters. The first-order chi connectivity index (χ1) is 15.0. The number of benzene rings is 3. The van der Waals surface area contributed by atoms with Gasteiger partial charge in [0.05, 0.1) is 11.1 Å². The Labute approximate surface area is 180 Å². The first-order valence-corrected chi connectivity index (χ1v) is 9.04. The molecule has 0 aliphatic heterocycles. The molecule has 0 bridgehead atoms. The minimum absolute atomic E-state index is 0.00199. The van der Waals surface area contributed by atoms with Crippen LogP contribution in [0.5, 0.6) is 46.0 Å². The fourth-order valence-corrected chi connectivity index (χ4v) is 3.05. The molecule has 0 saturated heterocycles. The zero-order valence-electron chi connectivity index (χ0n) is 16.8. The number of phenols is 6. The third kappa shape index (κ3) is 4.01. The molecule has 0 aromatic heterocycles. The minimum atomic E-state index is -0.868. The Morgan fingerprint density at radius 1 is 0.594 bits per heavy atom. The third-order valence-electron chi connectivity index (χ3n) is 4.38. The van der Waals surface area contributed by atoms with Crippen LogP contribution in [0.25, 0.3) is 22.3 Å². The normalized spacial score (nSPS) is 10.6. The lowest BCUT2D eigenvalue weighted by Gasteiger charge is -2.21. The SMILES string of the molecule is CC(=O)Oc1c(OC(C)=O)c(-c2ccc(O)c(O)c2)c(O)c(O)c1-c1ccc(O)c(O)c1. The van der Waals surface area contributed by atoms with Crippen LogP contribution in [0.2, 0.25) is 0 Å². The monoisotopic (exact) mass is 442 g/mol. The maximum absolute atomic E-state index is 11.8. The minimum Gasteiger partial charge on any atom is -0.504 e. The molecule has 0 heterocycles. The molecule has 166 valence electrons. The van der Waals surface area contributed by atoms with Gasteiger partial charge in [0.15, 0.2) is 46.0 Å². The summed E-state index contributed by atoms with van der Waals surface area (Å²) in [5.74, 6) is -6.40. The molecule has 0 aliphatic rings. The van der Waals surface area contributed by atoms with E-state index in [1.807, 2.05) is 0 Å². The highest BCUT2D eigenvalue weighted by Gasteiger charge is 2.30. The van der Waals surface area contributed by atoms with Gasteiger partial charge in [-0.1, -0.05) is 12.1 Å². The molecule has 0 unspecified atom stereocenters. The standard InChI is InChI=1S/C22H18O10/c1-9(23)31-21-17(11-3-5-13(25)15(27)7-11)19(29)20(30)18(22(21)32-10(2)24)12-4-6-14(26)16(28)8-12/h3-8,25-30H,1-2H3. The molecule has 3 aromatic carbocycles. The Kier molecular flexibility index (Phi) is 5.71. The summed E-state index contributed by atoms with van der Waals surface area (Å²) in [7, 11) is 0. The van der Waals surface area contributed by atoms with Crippen LogP contribution >= 0.6 is 0 Å². The Balaban J connectivity index is 2.47. The summed E-state index contributed by atoms with van der Waals surface area (Å²) in [5.41, 5.74) is -0.650. The molecule has 6 N–H and O–H groups in total. The molecule has 0 amide bonds. The number of phenolic OH excluding ortho intramolecular Hbond substituents is 6. The van der Waals surface area contributed by atoms with Crippen LogP contribution in [0.15, 0.2) is 36.4 Å². The Morgan fingerprint density at radius 3 is 1.22 bits per heavy atom. The second-order valence-corrected chi connectivity index (χ2v) is 6.70. The number of aromatic hydroxyl groups is 6. The molecule has 0 aliphatic carbocycles. The largest absolute Gasteiger partial charge is 0.504 e. The Hall–Kier alpha value is -4.60. The number of carbonyl (C=O) groups is 2. The molecule has 3 rings (SSSR count). The summed E-state index contributed by atoms with van der Waals surface area (Å²) in [6.07, 6.45) is 0. The quantitative estimate of drug-likeness (QED) is 0.200. The summed E-state index contributed by atoms with van der Waals surface area (Å²) in [5, 5.41) is 60.5. The number of rotatable bonds is 4. The fourth-order valence-electron chi connectivity index (χ4n) is 3.05. The van der Waals surface area contributed by atoms with Gasteiger partial charge in [-0.2, -0.15) is 0 Å². The van der Waals surface area contributed by atoms with E-state index in [0.717, 1.165) is 38.1 Å². The van der Waals surface area contributed by atoms with Crippen molar-refractivity contribution in [2.45, 2.75) is 13.8 Å². The van der Waals surface area contributed by atoms with Gasteiger partial charge in [-0.05, 0) is 35.4 Å². The molecular formula is C22H18O10. The van der Waals surface area contributed by atoms with Gasteiger partial charge in [-0.3, -0.25) is 9.59 Å². The van der Waals surface area contributed by atoms with Crippen molar-refractivity contribution < 1.29 is 49.7 Å². The number of esters is 2. The molecule has 3 aromatic rings. The topological polar surface area (TPSA) is 174 Å². The predicted molar refractivity (Wildman–Crippen MR) is 110 cm³/mol. The number of ether oxygens (including phenoxy) is 2. The molecular weight excluding hydrogens is 424 g/mol. The first-order valence-electron chi connectivity index (χ1n) is 9.04. The van der Waals surface area contributed by atoms with Crippen LogP contribution in [0, 0.1) is 0 Å². The van der Waals surface area contributed by atoms with E-state index in [0.29, 0.717) is 0 Å². The van der Waals surface area contributed by atoms with Gasteiger partial charge in [0.1, 0.15) is 0 Å². The Bertz CT molecular complexity index is 1150. The van der Waals surface area contributed by atoms with Crippen LogP contribution in [0.3, 0.4) is 0 Å². The zero-order chi connectivity index (χ0) is 23.7. The van der Waals surface area contributed by atoms with E-state index < -0.39 is 57.9 Å². The maximum atomic E-state index is 11.8. The van der Waals surface area contributed by atoms with Crippen LogP contribution in [-0.4, -0.2) is 42.6 Å². The van der Waals surface area contributed by atoms with Crippen LogP contribution in [-0.2, 0) is 9.59 Å². The highest BCUT2D eigenvalue weighted by Crippen LogP contribution is 2.57. The summed E-state index contributed by atoms with van der Waals surface area (Å²) < 4.78 is 10.4. The van der Waals surface area contributed by atoms with Gasteiger partial charge >= 0.3 is 11.9 Å². The van der Waals surface area contributed by atoms with E-state index >= 15 is 0 Å². The van der Waals surface area contributed by atoms with Crippen molar-refractivity contribution in [1.29, 1.82) is 0 Å². The average molecular weight is 442 g/mol. The molecule has 10 nitrogen and oxygen atoms in total. The van der Waals surface area contributed by atoms with Crippen LogP contribution < -0.4 is 9.47 Å². The van der Waals surface area contributed by atoms with E-state index in [1.165, 1.54) is 12.1 Å². The van der Waals surface area contributed by atoms with Crippen LogP contribution in [0.1, 0.15) is 13.8 Å². The Morgan fingerprint density at radius 2 is 0.938 bits per heavy atom. The van der Waals surface area contributed by atoms with E-state index in [2.05, 4.69) is 0 Å². The lowest BCUT2D eigenvalue weighted by Crippen LogP contribution is -2.10. The summed E-state index contributed by atoms with van der Waals surface area (Å²) >= 11 is 0. The highest BCUT2D eigenvalue weighted by molar-refractivity contribution is 5.96. The van der Waals surface area contributed by atoms with Crippen molar-refractivity contribution in [1.82, 2.24) is 0 Å². The van der Waals surface area contributed by atoms with Gasteiger partial charge in [-0.15, -0.1) is 0 Å². The number of carbonyl (C=O) groups excluding carboxylic acids is 2. The van der Waals surface area contributed by atoms with Gasteiger partial charge in [0, 0.05) is 13.8 Å². The van der Waals surface area contributed by atoms with E-state index in [-0.39, 0.29) is 22.3 Å². The number of hydrogen-bond acceptors (Lipinski definition) is 10. The van der Waals surface area contributed by atoms with E-state index in [9.17, 15) is 40.2 Å². The lowest BCUT2D eigenvalue weighted by atomic mass is 9.94. The van der Waals surface area contributed by atoms with Gasteiger partial charge < -0.3 is 40.1 Å². The molecule has 0 saturated carbocycles. The zero-order valence-corrected chi connectivity index (χ0v) is 16.8. The van der Waals surface area contributed by atoms with Crippen molar-refractivity contribution in [3.05, 3.63) is 36.4 Å². The summed E-state index contributed by atoms with van der Waals surface area (Å²) in [6.45, 7) is 2.09.